The van der Waals surface area contributed by atoms with Crippen molar-refractivity contribution in [2.24, 2.45) is 0 Å². The third-order valence-corrected chi connectivity index (χ3v) is 14.4. The van der Waals surface area contributed by atoms with Crippen LogP contribution in [0.1, 0.15) is 153 Å². The van der Waals surface area contributed by atoms with Crippen molar-refractivity contribution in [1.82, 2.24) is 9.55 Å². The van der Waals surface area contributed by atoms with E-state index in [0.29, 0.717) is 34.1 Å². The Morgan fingerprint density at radius 3 is 2.03 bits per heavy atom. The quantitative estimate of drug-likeness (QED) is 0.0904. The summed E-state index contributed by atoms with van der Waals surface area (Å²) in [6.07, 6.45) is 12.2. The van der Waals surface area contributed by atoms with Crippen molar-refractivity contribution in [3.8, 4) is 39.6 Å². The molecule has 1 aliphatic rings. The van der Waals surface area contributed by atoms with Crippen LogP contribution in [-0.4, -0.2) is 16.2 Å². The number of rotatable bonds is 16. The van der Waals surface area contributed by atoms with E-state index in [2.05, 4.69) is 75.6 Å². The molecule has 0 unspecified atom stereocenters. The lowest BCUT2D eigenvalue weighted by molar-refractivity contribution is 0.483. The number of pyridine rings is 1. The fourth-order valence-corrected chi connectivity index (χ4v) is 10.6. The minimum Gasteiger partial charge on any atom is -0.457 e. The SMILES string of the molecule is [2H]c1c([2H])c([2H])c(-c2cc(C(C)(C)C)cc(-c3c([2H])c(C([2H])([2H])[2H])c([2H])c(C([2H])([2H])[2H])c3[2H])c2N2CN(c3cccc(Oc4ccc5c6c(CCC)c(CCCCCCCC)ccc6n(-c6cc(C(C)(C)C)ccn6)c5c4)c3)c3ccccc32)c([2H])c1[2H]. The number of nitrogens with zero attached hydrogens (tertiary/aromatic N) is 4. The van der Waals surface area contributed by atoms with Gasteiger partial charge in [0.05, 0.1) is 39.1 Å². The largest absolute Gasteiger partial charge is 0.457 e. The first-order valence-electron chi connectivity index (χ1n) is 33.4. The van der Waals surface area contributed by atoms with Crippen LogP contribution in [0.15, 0.2) is 158 Å². The smallest absolute Gasteiger partial charge is 0.137 e. The summed E-state index contributed by atoms with van der Waals surface area (Å²) in [7, 11) is 0. The number of hydrogen-bond donors (Lipinski definition) is 0. The molecule has 7 aromatic carbocycles. The zero-order valence-corrected chi connectivity index (χ0v) is 44.2. The Labute approximate surface area is 461 Å². The molecule has 0 saturated heterocycles. The molecule has 3 heterocycles. The maximum absolute atomic E-state index is 9.66. The van der Waals surface area contributed by atoms with Gasteiger partial charge in [-0.1, -0.05) is 178 Å². The van der Waals surface area contributed by atoms with Crippen LogP contribution in [-0.2, 0) is 23.7 Å². The summed E-state index contributed by atoms with van der Waals surface area (Å²) >= 11 is 0. The van der Waals surface area contributed by atoms with Gasteiger partial charge >= 0.3 is 0 Å². The Bertz CT molecular complexity index is 4100. The first-order valence-corrected chi connectivity index (χ1v) is 26.4. The number of aromatic nitrogens is 2. The fraction of sp³-hybridized carbons (Fsp3) is 0.319. The molecule has 0 amide bonds. The van der Waals surface area contributed by atoms with Gasteiger partial charge in [0.15, 0.2) is 0 Å². The monoisotopic (exact) mass is 991 g/mol. The van der Waals surface area contributed by atoms with Gasteiger partial charge in [-0.3, -0.25) is 4.57 Å². The summed E-state index contributed by atoms with van der Waals surface area (Å²) in [5.41, 5.74) is 5.31. The molecule has 74 heavy (non-hydrogen) atoms. The molecule has 0 radical (unpaired) electrons. The van der Waals surface area contributed by atoms with Crippen molar-refractivity contribution in [3.63, 3.8) is 0 Å². The van der Waals surface area contributed by atoms with E-state index in [0.717, 1.165) is 53.5 Å². The summed E-state index contributed by atoms with van der Waals surface area (Å²) in [5, 5.41) is 2.33. The normalized spacial score (nSPS) is 15.9. The summed E-state index contributed by atoms with van der Waals surface area (Å²) in [4.78, 5) is 8.83. The second-order valence-corrected chi connectivity index (χ2v) is 21.8. The predicted octanol–water partition coefficient (Wildman–Crippen LogP) is 19.6. The van der Waals surface area contributed by atoms with E-state index in [1.807, 2.05) is 91.4 Å². The van der Waals surface area contributed by atoms with Gasteiger partial charge in [0.25, 0.3) is 0 Å². The van der Waals surface area contributed by atoms with E-state index in [9.17, 15) is 5.48 Å². The molecule has 10 rings (SSSR count). The molecule has 0 aliphatic carbocycles. The lowest BCUT2D eigenvalue weighted by Crippen LogP contribution is -2.25. The van der Waals surface area contributed by atoms with Crippen LogP contribution in [0.25, 0.3) is 49.9 Å². The zero-order chi connectivity index (χ0) is 63.7. The maximum atomic E-state index is 9.66. The van der Waals surface area contributed by atoms with Gasteiger partial charge in [0.1, 0.15) is 24.0 Å². The van der Waals surface area contributed by atoms with Gasteiger partial charge in [0, 0.05) is 54.1 Å². The van der Waals surface area contributed by atoms with E-state index in [1.165, 1.54) is 48.6 Å². The fourth-order valence-electron chi connectivity index (χ4n) is 10.6. The highest BCUT2D eigenvalue weighted by Crippen LogP contribution is 2.52. The highest BCUT2D eigenvalue weighted by Gasteiger charge is 2.33. The van der Waals surface area contributed by atoms with E-state index in [1.54, 1.807) is 12.1 Å². The topological polar surface area (TPSA) is 33.5 Å². The van der Waals surface area contributed by atoms with Crippen molar-refractivity contribution in [2.75, 3.05) is 16.5 Å². The Morgan fingerprint density at radius 1 is 0.608 bits per heavy atom. The van der Waals surface area contributed by atoms with Crippen LogP contribution in [0.3, 0.4) is 0 Å². The van der Waals surface area contributed by atoms with Crippen LogP contribution in [0.2, 0.25) is 0 Å². The molecule has 2 aromatic heterocycles. The van der Waals surface area contributed by atoms with Crippen molar-refractivity contribution in [3.05, 3.63) is 191 Å². The molecule has 0 N–H and O–H groups in total. The number of hydrogen-bond acceptors (Lipinski definition) is 4. The van der Waals surface area contributed by atoms with E-state index in [4.69, 9.17) is 23.4 Å². The number of aryl methyl sites for hydroxylation is 2. The Hall–Kier alpha value is -7.11. The molecular formula is C69H76N4O. The van der Waals surface area contributed by atoms with Crippen LogP contribution in [0, 0.1) is 13.7 Å². The summed E-state index contributed by atoms with van der Waals surface area (Å²) in [5.74, 6) is 1.90. The minimum absolute atomic E-state index is 0.00189. The standard InChI is InChI=1S/C69H76N4O/c1-11-13-14-15-16-18-27-50-32-35-63-66(57(50)24-12-2)58-34-33-56(45-64(58)73(63)65-43-52(36-37-70-65)68(5,6)7)74-55-29-23-28-54(44-55)71-46-72(62-31-22-21-30-61(62)71)67-59(49-25-19-17-20-26-49)41-53(69(8,9)10)42-60(67)51-39-47(3)38-48(4)40-51/h17,19-23,25-26,28-45H,11-16,18,24,27,46H2,1-10H3/i3D3,4D3,17D,19D,20D,25D,26D,38D,39D,40D. The van der Waals surface area contributed by atoms with Crippen molar-refractivity contribution >= 4 is 44.6 Å². The van der Waals surface area contributed by atoms with Crippen molar-refractivity contribution < 1.29 is 23.9 Å². The molecule has 5 heteroatoms. The number of unbranched alkanes of at least 4 members (excludes halogenated alkanes) is 5. The van der Waals surface area contributed by atoms with Crippen molar-refractivity contribution in [2.45, 2.75) is 138 Å². The number of anilines is 4. The van der Waals surface area contributed by atoms with Gasteiger partial charge in [-0.15, -0.1) is 0 Å². The van der Waals surface area contributed by atoms with Crippen molar-refractivity contribution in [1.29, 1.82) is 0 Å². The third kappa shape index (κ3) is 10.2. The average molecular weight is 991 g/mol. The summed E-state index contributed by atoms with van der Waals surface area (Å²) in [6.45, 7) is 10.4. The Balaban J connectivity index is 1.14. The van der Waals surface area contributed by atoms with E-state index < -0.39 is 84.1 Å². The molecule has 0 atom stereocenters. The Kier molecular flexibility index (Phi) is 10.2. The average Bonchev–Trinajstić information content (AvgIpc) is 1.58. The minimum atomic E-state index is -3.17. The molecule has 0 saturated carbocycles. The number of benzene rings is 7. The molecule has 378 valence electrons. The van der Waals surface area contributed by atoms with Gasteiger partial charge < -0.3 is 14.5 Å². The molecule has 0 bridgehead atoms. The number of ether oxygens (including phenoxy) is 1. The first-order chi connectivity index (χ1) is 41.5. The number of para-hydroxylation sites is 2. The van der Waals surface area contributed by atoms with Crippen LogP contribution in [0.4, 0.5) is 22.7 Å². The highest BCUT2D eigenvalue weighted by molar-refractivity contribution is 6.11. The summed E-state index contributed by atoms with van der Waals surface area (Å²) < 4.78 is 134. The van der Waals surface area contributed by atoms with E-state index >= 15 is 0 Å². The van der Waals surface area contributed by atoms with Crippen LogP contribution in [0.5, 0.6) is 11.5 Å². The lowest BCUT2D eigenvalue weighted by Gasteiger charge is -2.30. The Morgan fingerprint density at radius 2 is 1.31 bits per heavy atom. The molecular weight excluding hydrogens is 901 g/mol. The molecule has 0 spiro atoms. The third-order valence-electron chi connectivity index (χ3n) is 14.4. The van der Waals surface area contributed by atoms with Gasteiger partial charge in [0.2, 0.25) is 0 Å². The molecule has 9 aromatic rings. The molecule has 0 fully saturated rings. The zero-order valence-electron chi connectivity index (χ0n) is 58.2. The van der Waals surface area contributed by atoms with Gasteiger partial charge in [-0.05, 0) is 144 Å². The van der Waals surface area contributed by atoms with Gasteiger partial charge in [-0.25, -0.2) is 4.98 Å². The highest BCUT2D eigenvalue weighted by atomic mass is 16.5. The van der Waals surface area contributed by atoms with E-state index in [-0.39, 0.29) is 34.5 Å². The van der Waals surface area contributed by atoms with Crippen LogP contribution < -0.4 is 14.5 Å². The summed E-state index contributed by atoms with van der Waals surface area (Å²) in [6, 6.07) is 28.0. The molecule has 1 aliphatic heterocycles. The van der Waals surface area contributed by atoms with Crippen LogP contribution >= 0.6 is 0 Å². The second-order valence-electron chi connectivity index (χ2n) is 21.8. The molecule has 5 nitrogen and oxygen atoms in total. The first kappa shape index (κ1) is 35.9. The van der Waals surface area contributed by atoms with Gasteiger partial charge in [-0.2, -0.15) is 0 Å². The predicted molar refractivity (Wildman–Crippen MR) is 316 cm³/mol. The maximum Gasteiger partial charge on any atom is 0.137 e. The second kappa shape index (κ2) is 21.0. The number of fused-ring (bicyclic) bond motifs is 4. The lowest BCUT2D eigenvalue weighted by atomic mass is 9.81.